The van der Waals surface area contributed by atoms with Gasteiger partial charge in [0.1, 0.15) is 17.9 Å². The van der Waals surface area contributed by atoms with Crippen molar-refractivity contribution in [3.63, 3.8) is 0 Å². The highest BCUT2D eigenvalue weighted by atomic mass is 35.5. The molecule has 176 valence electrons. The molecule has 3 aromatic rings. The number of methoxy groups -OCH3 is 1. The number of halogens is 1. The number of hydrogen-bond donors (Lipinski definition) is 1. The molecule has 1 aliphatic heterocycles. The van der Waals surface area contributed by atoms with Crippen molar-refractivity contribution >= 4 is 47.2 Å². The Hall–Kier alpha value is -4.43. The molecule has 1 aliphatic rings. The van der Waals surface area contributed by atoms with Gasteiger partial charge in [-0.05, 0) is 65.7 Å². The second kappa shape index (κ2) is 10.2. The molecule has 1 saturated heterocycles. The summed E-state index contributed by atoms with van der Waals surface area (Å²) < 4.78 is 10.5. The third-order valence-electron chi connectivity index (χ3n) is 5.11. The predicted octanol–water partition coefficient (Wildman–Crippen LogP) is 4.37. The molecule has 4 amide bonds. The topological polar surface area (TPSA) is 102 Å². The van der Waals surface area contributed by atoms with Crippen molar-refractivity contribution in [2.24, 2.45) is 0 Å². The van der Waals surface area contributed by atoms with Crippen LogP contribution in [0.5, 0.6) is 5.75 Å². The zero-order valence-corrected chi connectivity index (χ0v) is 19.2. The summed E-state index contributed by atoms with van der Waals surface area (Å²) >= 11 is 6.00. The number of esters is 1. The average Bonchev–Trinajstić information content (AvgIpc) is 2.85. The monoisotopic (exact) mass is 490 g/mol. The molecule has 0 radical (unpaired) electrons. The van der Waals surface area contributed by atoms with E-state index in [4.69, 9.17) is 16.3 Å². The maximum Gasteiger partial charge on any atom is 0.337 e. The van der Waals surface area contributed by atoms with Crippen LogP contribution in [0.1, 0.15) is 21.5 Å². The molecule has 8 nitrogen and oxygen atoms in total. The number of barbiturate groups is 1. The van der Waals surface area contributed by atoms with Crippen molar-refractivity contribution in [3.8, 4) is 5.75 Å². The molecule has 1 heterocycles. The summed E-state index contributed by atoms with van der Waals surface area (Å²) in [6.07, 6.45) is 1.38. The van der Waals surface area contributed by atoms with Crippen molar-refractivity contribution in [2.45, 2.75) is 6.61 Å². The summed E-state index contributed by atoms with van der Waals surface area (Å²) in [5.41, 5.74) is 1.63. The number of imide groups is 2. The molecule has 3 aromatic carbocycles. The van der Waals surface area contributed by atoms with Crippen LogP contribution in [0.4, 0.5) is 10.5 Å². The highest BCUT2D eigenvalue weighted by molar-refractivity contribution is 6.39. The Bertz CT molecular complexity index is 1350. The Morgan fingerprint density at radius 2 is 1.74 bits per heavy atom. The Kier molecular flexibility index (Phi) is 6.93. The van der Waals surface area contributed by atoms with Gasteiger partial charge in [-0.2, -0.15) is 0 Å². The van der Waals surface area contributed by atoms with Crippen molar-refractivity contribution < 1.29 is 28.7 Å². The number of benzene rings is 3. The van der Waals surface area contributed by atoms with Crippen molar-refractivity contribution in [1.29, 1.82) is 0 Å². The maximum absolute atomic E-state index is 13.1. The summed E-state index contributed by atoms with van der Waals surface area (Å²) in [6.45, 7) is 0.282. The molecule has 0 unspecified atom stereocenters. The third-order valence-corrected chi connectivity index (χ3v) is 5.35. The summed E-state index contributed by atoms with van der Waals surface area (Å²) in [6, 6.07) is 18.9. The summed E-state index contributed by atoms with van der Waals surface area (Å²) in [4.78, 5) is 50.4. The normalized spacial score (nSPS) is 14.6. The number of nitrogens with zero attached hydrogens (tertiary/aromatic N) is 1. The second-order valence-electron chi connectivity index (χ2n) is 7.49. The average molecular weight is 491 g/mol. The molecule has 0 bridgehead atoms. The fourth-order valence-electron chi connectivity index (χ4n) is 3.41. The van der Waals surface area contributed by atoms with Gasteiger partial charge in [-0.15, -0.1) is 0 Å². The van der Waals surface area contributed by atoms with E-state index in [2.05, 4.69) is 10.1 Å². The largest absolute Gasteiger partial charge is 0.489 e. The zero-order chi connectivity index (χ0) is 24.9. The molecule has 0 aliphatic carbocycles. The number of hydrogen-bond acceptors (Lipinski definition) is 6. The van der Waals surface area contributed by atoms with E-state index in [1.165, 1.54) is 37.5 Å². The van der Waals surface area contributed by atoms with Gasteiger partial charge in [0.25, 0.3) is 11.8 Å². The number of anilines is 1. The van der Waals surface area contributed by atoms with E-state index < -0.39 is 23.8 Å². The van der Waals surface area contributed by atoms with Crippen molar-refractivity contribution in [1.82, 2.24) is 5.32 Å². The molecule has 1 fully saturated rings. The minimum absolute atomic E-state index is 0.192. The molecule has 35 heavy (non-hydrogen) atoms. The van der Waals surface area contributed by atoms with Gasteiger partial charge in [0.2, 0.25) is 0 Å². The number of amides is 4. The van der Waals surface area contributed by atoms with Crippen LogP contribution in [-0.4, -0.2) is 30.9 Å². The quantitative estimate of drug-likeness (QED) is 0.313. The number of rotatable bonds is 6. The Balaban J connectivity index is 1.56. The first kappa shape index (κ1) is 23.7. The van der Waals surface area contributed by atoms with Gasteiger partial charge >= 0.3 is 12.0 Å². The van der Waals surface area contributed by atoms with E-state index in [1.807, 2.05) is 12.1 Å². The number of nitrogens with one attached hydrogen (secondary N) is 1. The lowest BCUT2D eigenvalue weighted by atomic mass is 10.1. The fourth-order valence-corrected chi connectivity index (χ4v) is 3.62. The first-order valence-electron chi connectivity index (χ1n) is 10.4. The van der Waals surface area contributed by atoms with Crippen LogP contribution in [0.15, 0.2) is 78.4 Å². The molecule has 9 heteroatoms. The van der Waals surface area contributed by atoms with Gasteiger partial charge < -0.3 is 9.47 Å². The highest BCUT2D eigenvalue weighted by Crippen LogP contribution is 2.24. The van der Waals surface area contributed by atoms with E-state index in [0.717, 1.165) is 10.5 Å². The van der Waals surface area contributed by atoms with Gasteiger partial charge in [0.05, 0.1) is 18.4 Å². The van der Waals surface area contributed by atoms with Gasteiger partial charge in [-0.25, -0.2) is 14.5 Å². The molecule has 4 rings (SSSR count). The number of carbonyl (C=O) groups is 4. The van der Waals surface area contributed by atoms with Crippen LogP contribution in [-0.2, 0) is 20.9 Å². The molecule has 0 aromatic heterocycles. The van der Waals surface area contributed by atoms with Crippen LogP contribution >= 0.6 is 11.6 Å². The molecule has 0 spiro atoms. The van der Waals surface area contributed by atoms with E-state index in [0.29, 0.717) is 16.3 Å². The van der Waals surface area contributed by atoms with Gasteiger partial charge in [0.15, 0.2) is 0 Å². The lowest BCUT2D eigenvalue weighted by molar-refractivity contribution is -0.122. The summed E-state index contributed by atoms with van der Waals surface area (Å²) in [5.74, 6) is -1.64. The van der Waals surface area contributed by atoms with E-state index in [1.54, 1.807) is 36.4 Å². The van der Waals surface area contributed by atoms with Crippen molar-refractivity contribution in [3.05, 3.63) is 100 Å². The van der Waals surface area contributed by atoms with Crippen LogP contribution in [0.3, 0.4) is 0 Å². The minimum atomic E-state index is -0.887. The standard InChI is InChI=1S/C26H19ClN2O6/c1-34-25(32)18-8-10-20(11-9-18)29-24(31)22(23(30)28-26(29)33)14-16-4-3-7-21(13-16)35-15-17-5-2-6-19(27)12-17/h2-14H,15H2,1H3,(H,28,30,33)/b22-14-. The number of carbonyl (C=O) groups excluding carboxylic acids is 4. The van der Waals surface area contributed by atoms with Gasteiger partial charge in [-0.3, -0.25) is 14.9 Å². The Morgan fingerprint density at radius 3 is 2.46 bits per heavy atom. The first-order chi connectivity index (χ1) is 16.9. The fraction of sp³-hybridized carbons (Fsp3) is 0.0769. The summed E-state index contributed by atoms with van der Waals surface area (Å²) in [5, 5.41) is 2.77. The smallest absolute Gasteiger partial charge is 0.337 e. The Morgan fingerprint density at radius 1 is 1.00 bits per heavy atom. The molecule has 0 atom stereocenters. The van der Waals surface area contributed by atoms with Crippen LogP contribution in [0.2, 0.25) is 5.02 Å². The number of ether oxygens (including phenoxy) is 2. The second-order valence-corrected chi connectivity index (χ2v) is 7.92. The zero-order valence-electron chi connectivity index (χ0n) is 18.5. The number of urea groups is 1. The maximum atomic E-state index is 13.1. The Labute approximate surface area is 205 Å². The molecular weight excluding hydrogens is 472 g/mol. The summed E-state index contributed by atoms with van der Waals surface area (Å²) in [7, 11) is 1.25. The SMILES string of the molecule is COC(=O)c1ccc(N2C(=O)NC(=O)/C(=C/c3cccc(OCc4cccc(Cl)c4)c3)C2=O)cc1. The highest BCUT2D eigenvalue weighted by Gasteiger charge is 2.36. The van der Waals surface area contributed by atoms with E-state index >= 15 is 0 Å². The van der Waals surface area contributed by atoms with E-state index in [-0.39, 0.29) is 23.4 Å². The predicted molar refractivity (Wildman–Crippen MR) is 129 cm³/mol. The van der Waals surface area contributed by atoms with Gasteiger partial charge in [-0.1, -0.05) is 35.9 Å². The van der Waals surface area contributed by atoms with Gasteiger partial charge in [0, 0.05) is 5.02 Å². The van der Waals surface area contributed by atoms with Crippen LogP contribution in [0.25, 0.3) is 6.08 Å². The van der Waals surface area contributed by atoms with Crippen LogP contribution < -0.4 is 15.0 Å². The minimum Gasteiger partial charge on any atom is -0.489 e. The molecular formula is C26H19ClN2O6. The lowest BCUT2D eigenvalue weighted by Gasteiger charge is -2.26. The lowest BCUT2D eigenvalue weighted by Crippen LogP contribution is -2.54. The third kappa shape index (κ3) is 5.39. The van der Waals surface area contributed by atoms with Crippen molar-refractivity contribution in [2.75, 3.05) is 12.0 Å². The molecule has 1 N–H and O–H groups in total. The van der Waals surface area contributed by atoms with E-state index in [9.17, 15) is 19.2 Å². The molecule has 0 saturated carbocycles. The van der Waals surface area contributed by atoms with Crippen LogP contribution in [0, 0.1) is 0 Å². The first-order valence-corrected chi connectivity index (χ1v) is 10.8.